The Balaban J connectivity index is 1.50. The maximum Gasteiger partial charge on any atom is 0.227 e. The molecule has 0 saturated carbocycles. The summed E-state index contributed by atoms with van der Waals surface area (Å²) in [6, 6.07) is 1.22. The van der Waals surface area contributed by atoms with Crippen molar-refractivity contribution >= 4 is 5.91 Å². The molecule has 20 heavy (non-hydrogen) atoms. The molecule has 114 valence electrons. The zero-order chi connectivity index (χ0) is 13.9. The van der Waals surface area contributed by atoms with E-state index in [4.69, 9.17) is 0 Å². The Kier molecular flexibility index (Phi) is 4.61. The summed E-state index contributed by atoms with van der Waals surface area (Å²) in [6.45, 7) is 7.54. The predicted molar refractivity (Wildman–Crippen MR) is 80.6 cm³/mol. The summed E-state index contributed by atoms with van der Waals surface area (Å²) in [4.78, 5) is 17.4. The van der Waals surface area contributed by atoms with Crippen molar-refractivity contribution in [3.8, 4) is 0 Å². The van der Waals surface area contributed by atoms with Crippen LogP contribution in [-0.4, -0.2) is 60.5 Å². The van der Waals surface area contributed by atoms with Crippen LogP contribution in [0, 0.1) is 5.92 Å². The van der Waals surface area contributed by atoms with E-state index in [9.17, 15) is 4.79 Å². The molecule has 4 nitrogen and oxygen atoms in total. The molecule has 0 aromatic carbocycles. The standard InChI is InChI=1S/C16H29N3O/c1-13-5-6-14(11-17-13)16(20)19-10-7-15(12-19)18-8-3-2-4-9-18/h13-15,17H,2-12H2,1H3. The number of likely N-dealkylation sites (tertiary alicyclic amines) is 2. The molecule has 3 rings (SSSR count). The number of carbonyl (C=O) groups excluding carboxylic acids is 1. The number of amides is 1. The van der Waals surface area contributed by atoms with Crippen molar-refractivity contribution in [3.05, 3.63) is 0 Å². The Morgan fingerprint density at radius 2 is 1.85 bits per heavy atom. The van der Waals surface area contributed by atoms with Crippen molar-refractivity contribution in [2.45, 2.75) is 57.5 Å². The average molecular weight is 279 g/mol. The second-order valence-electron chi connectivity index (χ2n) is 6.91. The normalized spacial score (nSPS) is 36.2. The minimum atomic E-state index is 0.228. The summed E-state index contributed by atoms with van der Waals surface area (Å²) in [7, 11) is 0. The number of hydrogen-bond acceptors (Lipinski definition) is 3. The molecule has 0 aliphatic carbocycles. The van der Waals surface area contributed by atoms with Gasteiger partial charge in [0.15, 0.2) is 0 Å². The van der Waals surface area contributed by atoms with Gasteiger partial charge in [0.1, 0.15) is 0 Å². The van der Waals surface area contributed by atoms with E-state index in [1.165, 1.54) is 38.8 Å². The van der Waals surface area contributed by atoms with E-state index in [0.29, 0.717) is 18.0 Å². The van der Waals surface area contributed by atoms with E-state index in [-0.39, 0.29) is 5.92 Å². The lowest BCUT2D eigenvalue weighted by Crippen LogP contribution is -2.46. The van der Waals surface area contributed by atoms with Gasteiger partial charge in [0.2, 0.25) is 5.91 Å². The second kappa shape index (κ2) is 6.44. The van der Waals surface area contributed by atoms with E-state index < -0.39 is 0 Å². The average Bonchev–Trinajstić information content (AvgIpc) is 2.98. The number of rotatable bonds is 2. The fourth-order valence-corrected chi connectivity index (χ4v) is 3.99. The van der Waals surface area contributed by atoms with Crippen LogP contribution in [0.15, 0.2) is 0 Å². The minimum absolute atomic E-state index is 0.228. The Bertz CT molecular complexity index is 333. The van der Waals surface area contributed by atoms with E-state index in [0.717, 1.165) is 32.5 Å². The molecule has 3 aliphatic rings. The second-order valence-corrected chi connectivity index (χ2v) is 6.91. The van der Waals surface area contributed by atoms with Gasteiger partial charge in [0.05, 0.1) is 5.92 Å². The van der Waals surface area contributed by atoms with Crippen molar-refractivity contribution in [2.24, 2.45) is 5.92 Å². The van der Waals surface area contributed by atoms with Gasteiger partial charge in [0, 0.05) is 31.7 Å². The largest absolute Gasteiger partial charge is 0.341 e. The first-order valence-electron chi connectivity index (χ1n) is 8.50. The van der Waals surface area contributed by atoms with Gasteiger partial charge in [0.25, 0.3) is 0 Å². The molecule has 0 spiro atoms. The third kappa shape index (κ3) is 3.17. The molecule has 0 radical (unpaired) electrons. The van der Waals surface area contributed by atoms with Crippen LogP contribution in [0.5, 0.6) is 0 Å². The van der Waals surface area contributed by atoms with Crippen molar-refractivity contribution < 1.29 is 4.79 Å². The third-order valence-corrected chi connectivity index (χ3v) is 5.39. The zero-order valence-corrected chi connectivity index (χ0v) is 12.8. The maximum absolute atomic E-state index is 12.6. The smallest absolute Gasteiger partial charge is 0.227 e. The van der Waals surface area contributed by atoms with Gasteiger partial charge in [-0.2, -0.15) is 0 Å². The van der Waals surface area contributed by atoms with Crippen molar-refractivity contribution in [1.29, 1.82) is 0 Å². The number of piperidine rings is 2. The fourth-order valence-electron chi connectivity index (χ4n) is 3.99. The highest BCUT2D eigenvalue weighted by atomic mass is 16.2. The Morgan fingerprint density at radius 3 is 2.55 bits per heavy atom. The van der Waals surface area contributed by atoms with Gasteiger partial charge >= 0.3 is 0 Å². The van der Waals surface area contributed by atoms with Crippen LogP contribution in [0.25, 0.3) is 0 Å². The Labute approximate surface area is 122 Å². The van der Waals surface area contributed by atoms with E-state index >= 15 is 0 Å². The first-order valence-corrected chi connectivity index (χ1v) is 8.50. The topological polar surface area (TPSA) is 35.6 Å². The Hall–Kier alpha value is -0.610. The summed E-state index contributed by atoms with van der Waals surface area (Å²) < 4.78 is 0. The van der Waals surface area contributed by atoms with Gasteiger partial charge in [-0.05, 0) is 52.1 Å². The molecule has 0 aromatic rings. The summed E-state index contributed by atoms with van der Waals surface area (Å²) in [5.41, 5.74) is 0. The van der Waals surface area contributed by atoms with E-state index in [2.05, 4.69) is 22.0 Å². The van der Waals surface area contributed by atoms with Gasteiger partial charge in [-0.1, -0.05) is 6.42 Å². The van der Waals surface area contributed by atoms with Gasteiger partial charge in [-0.25, -0.2) is 0 Å². The van der Waals surface area contributed by atoms with Gasteiger partial charge in [-0.15, -0.1) is 0 Å². The summed E-state index contributed by atoms with van der Waals surface area (Å²) >= 11 is 0. The first-order chi connectivity index (χ1) is 9.74. The summed E-state index contributed by atoms with van der Waals surface area (Å²) in [5.74, 6) is 0.634. The lowest BCUT2D eigenvalue weighted by molar-refractivity contribution is -0.135. The number of nitrogens with one attached hydrogen (secondary N) is 1. The van der Waals surface area contributed by atoms with Gasteiger partial charge < -0.3 is 10.2 Å². The number of hydrogen-bond donors (Lipinski definition) is 1. The molecule has 4 heteroatoms. The molecule has 0 aromatic heterocycles. The molecular weight excluding hydrogens is 250 g/mol. The molecule has 1 amide bonds. The van der Waals surface area contributed by atoms with E-state index in [1.54, 1.807) is 0 Å². The molecule has 0 bridgehead atoms. The number of carbonyl (C=O) groups is 1. The van der Waals surface area contributed by atoms with Crippen LogP contribution in [0.3, 0.4) is 0 Å². The van der Waals surface area contributed by atoms with Crippen LogP contribution < -0.4 is 5.32 Å². The highest BCUT2D eigenvalue weighted by molar-refractivity contribution is 5.79. The molecule has 3 atom stereocenters. The molecular formula is C16H29N3O. The quantitative estimate of drug-likeness (QED) is 0.831. The van der Waals surface area contributed by atoms with Crippen molar-refractivity contribution in [2.75, 3.05) is 32.7 Å². The van der Waals surface area contributed by atoms with Crippen LogP contribution >= 0.6 is 0 Å². The summed E-state index contributed by atoms with van der Waals surface area (Å²) in [6.07, 6.45) is 7.46. The predicted octanol–water partition coefficient (Wildman–Crippen LogP) is 1.46. The van der Waals surface area contributed by atoms with Crippen molar-refractivity contribution in [3.63, 3.8) is 0 Å². The first kappa shape index (κ1) is 14.3. The Morgan fingerprint density at radius 1 is 1.05 bits per heavy atom. The highest BCUT2D eigenvalue weighted by Gasteiger charge is 2.34. The van der Waals surface area contributed by atoms with Gasteiger partial charge in [-0.3, -0.25) is 9.69 Å². The molecule has 3 fully saturated rings. The molecule has 1 N–H and O–H groups in total. The van der Waals surface area contributed by atoms with Crippen LogP contribution in [0.1, 0.15) is 45.4 Å². The zero-order valence-electron chi connectivity index (χ0n) is 12.8. The van der Waals surface area contributed by atoms with Crippen molar-refractivity contribution in [1.82, 2.24) is 15.1 Å². The minimum Gasteiger partial charge on any atom is -0.341 e. The lowest BCUT2D eigenvalue weighted by atomic mass is 9.94. The monoisotopic (exact) mass is 279 g/mol. The lowest BCUT2D eigenvalue weighted by Gasteiger charge is -2.33. The van der Waals surface area contributed by atoms with Crippen LogP contribution in [0.4, 0.5) is 0 Å². The molecule has 3 aliphatic heterocycles. The summed E-state index contributed by atoms with van der Waals surface area (Å²) in [5, 5.41) is 3.45. The maximum atomic E-state index is 12.6. The van der Waals surface area contributed by atoms with Crippen LogP contribution in [0.2, 0.25) is 0 Å². The number of nitrogens with zero attached hydrogens (tertiary/aromatic N) is 2. The fraction of sp³-hybridized carbons (Fsp3) is 0.938. The molecule has 3 heterocycles. The third-order valence-electron chi connectivity index (χ3n) is 5.39. The molecule has 3 saturated heterocycles. The highest BCUT2D eigenvalue weighted by Crippen LogP contribution is 2.23. The SMILES string of the molecule is CC1CCC(C(=O)N2CCC(N3CCCCC3)C2)CN1. The molecule has 3 unspecified atom stereocenters. The van der Waals surface area contributed by atoms with Crippen LogP contribution in [-0.2, 0) is 4.79 Å². The van der Waals surface area contributed by atoms with E-state index in [1.807, 2.05) is 0 Å².